The average Bonchev–Trinajstić information content (AvgIpc) is 2.98. The van der Waals surface area contributed by atoms with Gasteiger partial charge in [-0.1, -0.05) is 18.2 Å². The van der Waals surface area contributed by atoms with Crippen molar-refractivity contribution in [1.82, 2.24) is 14.5 Å². The van der Waals surface area contributed by atoms with Gasteiger partial charge in [-0.25, -0.2) is 14.3 Å². The summed E-state index contributed by atoms with van der Waals surface area (Å²) < 4.78 is 7.21. The van der Waals surface area contributed by atoms with Gasteiger partial charge in [-0.05, 0) is 70.2 Å². The lowest BCUT2D eigenvalue weighted by molar-refractivity contribution is 0.0539. The van der Waals surface area contributed by atoms with Crippen LogP contribution in [0.5, 0.6) is 0 Å². The van der Waals surface area contributed by atoms with Gasteiger partial charge >= 0.3 is 6.09 Å². The third kappa shape index (κ3) is 3.72. The number of carbonyl (C=O) groups excluding carboxylic acids is 1. The first-order valence-electron chi connectivity index (χ1n) is 9.58. The molecule has 0 amide bonds. The Morgan fingerprint density at radius 2 is 1.85 bits per heavy atom. The minimum absolute atomic E-state index is 0.399. The lowest BCUT2D eigenvalue weighted by atomic mass is 9.95. The highest BCUT2D eigenvalue weighted by atomic mass is 16.6. The lowest BCUT2D eigenvalue weighted by Gasteiger charge is -2.20. The predicted octanol–water partition coefficient (Wildman–Crippen LogP) is 4.68. The smallest absolute Gasteiger partial charge is 0.420 e. The number of imidazole rings is 1. The van der Waals surface area contributed by atoms with E-state index in [1.54, 1.807) is 4.57 Å². The van der Waals surface area contributed by atoms with Gasteiger partial charge in [0.15, 0.2) is 0 Å². The molecular weight excluding hydrogens is 338 g/mol. The summed E-state index contributed by atoms with van der Waals surface area (Å²) >= 11 is 0. The van der Waals surface area contributed by atoms with Gasteiger partial charge in [0.2, 0.25) is 0 Å². The molecule has 0 fully saturated rings. The third-order valence-corrected chi connectivity index (χ3v) is 4.78. The van der Waals surface area contributed by atoms with Crippen molar-refractivity contribution < 1.29 is 9.53 Å². The molecule has 2 aromatic heterocycles. The van der Waals surface area contributed by atoms with Crippen LogP contribution in [-0.4, -0.2) is 26.2 Å². The second-order valence-electron chi connectivity index (χ2n) is 8.12. The number of hydrogen-bond acceptors (Lipinski definition) is 4. The Kier molecular flexibility index (Phi) is 4.46. The van der Waals surface area contributed by atoms with E-state index >= 15 is 0 Å². The number of para-hydroxylation sites is 2. The van der Waals surface area contributed by atoms with Gasteiger partial charge in [0.05, 0.1) is 11.0 Å². The summed E-state index contributed by atoms with van der Waals surface area (Å²) in [7, 11) is 0. The maximum Gasteiger partial charge on any atom is 0.420 e. The minimum atomic E-state index is -0.566. The highest BCUT2D eigenvalue weighted by Gasteiger charge is 2.23. The van der Waals surface area contributed by atoms with Crippen molar-refractivity contribution in [2.45, 2.75) is 58.5 Å². The molecule has 0 atom stereocenters. The van der Waals surface area contributed by atoms with E-state index in [1.165, 1.54) is 24.1 Å². The normalized spacial score (nSPS) is 14.2. The number of nitrogens with zero attached hydrogens (tertiary/aromatic N) is 3. The molecule has 0 radical (unpaired) electrons. The van der Waals surface area contributed by atoms with Crippen LogP contribution in [-0.2, 0) is 24.0 Å². The Morgan fingerprint density at radius 3 is 2.67 bits per heavy atom. The molecule has 0 spiro atoms. The number of aryl methyl sites for hydroxylation is 2. The largest absolute Gasteiger partial charge is 0.443 e. The highest BCUT2D eigenvalue weighted by molar-refractivity contribution is 5.87. The zero-order valence-corrected chi connectivity index (χ0v) is 16.2. The van der Waals surface area contributed by atoms with E-state index in [-0.39, 0.29) is 0 Å². The molecule has 1 aliphatic carbocycles. The number of rotatable bonds is 2. The van der Waals surface area contributed by atoms with Gasteiger partial charge in [0.1, 0.15) is 11.4 Å². The summed E-state index contributed by atoms with van der Waals surface area (Å²) in [6.45, 7) is 5.61. The molecule has 27 heavy (non-hydrogen) atoms. The van der Waals surface area contributed by atoms with E-state index < -0.39 is 11.7 Å². The van der Waals surface area contributed by atoms with Crippen LogP contribution in [0.4, 0.5) is 4.79 Å². The van der Waals surface area contributed by atoms with E-state index in [1.807, 2.05) is 45.0 Å². The fourth-order valence-electron chi connectivity index (χ4n) is 3.59. The Bertz CT molecular complexity index is 998. The second-order valence-corrected chi connectivity index (χ2v) is 8.12. The highest BCUT2D eigenvalue weighted by Crippen LogP contribution is 2.23. The maximum absolute atomic E-state index is 12.9. The predicted molar refractivity (Wildman–Crippen MR) is 105 cm³/mol. The van der Waals surface area contributed by atoms with Crippen molar-refractivity contribution in [2.75, 3.05) is 0 Å². The van der Waals surface area contributed by atoms with Crippen molar-refractivity contribution in [3.05, 3.63) is 59.2 Å². The first-order chi connectivity index (χ1) is 12.9. The number of pyridine rings is 1. The van der Waals surface area contributed by atoms with Crippen LogP contribution in [0.15, 0.2) is 36.4 Å². The fraction of sp³-hybridized carbons (Fsp3) is 0.409. The van der Waals surface area contributed by atoms with Gasteiger partial charge in [0.25, 0.3) is 0 Å². The third-order valence-electron chi connectivity index (χ3n) is 4.78. The number of fused-ring (bicyclic) bond motifs is 2. The lowest BCUT2D eigenvalue weighted by Crippen LogP contribution is -2.28. The minimum Gasteiger partial charge on any atom is -0.443 e. The SMILES string of the molecule is CC(C)(C)OC(=O)n1c(Cc2ccc3c(n2)CCCC3)nc2ccccc21. The maximum atomic E-state index is 12.9. The topological polar surface area (TPSA) is 57.0 Å². The molecule has 5 nitrogen and oxygen atoms in total. The zero-order valence-electron chi connectivity index (χ0n) is 16.2. The van der Waals surface area contributed by atoms with Crippen molar-refractivity contribution in [1.29, 1.82) is 0 Å². The summed E-state index contributed by atoms with van der Waals surface area (Å²) in [6.07, 6.45) is 4.68. The molecule has 1 aromatic carbocycles. The Morgan fingerprint density at radius 1 is 1.07 bits per heavy atom. The molecular formula is C22H25N3O2. The first-order valence-corrected chi connectivity index (χ1v) is 9.58. The molecule has 3 aromatic rings. The number of ether oxygens (including phenoxy) is 1. The molecule has 140 valence electrons. The van der Waals surface area contributed by atoms with Crippen LogP contribution in [0.2, 0.25) is 0 Å². The van der Waals surface area contributed by atoms with Gasteiger partial charge in [-0.15, -0.1) is 0 Å². The van der Waals surface area contributed by atoms with Crippen LogP contribution >= 0.6 is 0 Å². The monoisotopic (exact) mass is 363 g/mol. The molecule has 0 aliphatic heterocycles. The molecule has 1 aliphatic rings. The van der Waals surface area contributed by atoms with Crippen molar-refractivity contribution in [3.63, 3.8) is 0 Å². The average molecular weight is 363 g/mol. The molecule has 0 saturated carbocycles. The van der Waals surface area contributed by atoms with Crippen molar-refractivity contribution in [2.24, 2.45) is 0 Å². The van der Waals surface area contributed by atoms with E-state index in [0.717, 1.165) is 29.6 Å². The van der Waals surface area contributed by atoms with Crippen molar-refractivity contribution >= 4 is 17.1 Å². The second kappa shape index (κ2) is 6.80. The van der Waals surface area contributed by atoms with Gasteiger partial charge < -0.3 is 4.74 Å². The fourth-order valence-corrected chi connectivity index (χ4v) is 3.59. The number of carbonyl (C=O) groups is 1. The standard InChI is InChI=1S/C22H25N3O2/c1-22(2,3)27-21(26)25-19-11-7-6-10-18(19)24-20(25)14-16-13-12-15-8-4-5-9-17(15)23-16/h6-7,10-13H,4-5,8-9,14H2,1-3H3. The van der Waals surface area contributed by atoms with Crippen molar-refractivity contribution in [3.8, 4) is 0 Å². The van der Waals surface area contributed by atoms with Crippen LogP contribution < -0.4 is 0 Å². The quantitative estimate of drug-likeness (QED) is 0.663. The van der Waals surface area contributed by atoms with Crippen LogP contribution in [0, 0.1) is 0 Å². The summed E-state index contributed by atoms with van der Waals surface area (Å²) in [4.78, 5) is 22.4. The first kappa shape index (κ1) is 17.7. The van der Waals surface area contributed by atoms with Gasteiger partial charge in [-0.2, -0.15) is 0 Å². The number of hydrogen-bond donors (Lipinski definition) is 0. The number of benzene rings is 1. The molecule has 0 bridgehead atoms. The van der Waals surface area contributed by atoms with E-state index in [9.17, 15) is 4.79 Å². The Hall–Kier alpha value is -2.69. The van der Waals surface area contributed by atoms with E-state index in [4.69, 9.17) is 14.7 Å². The van der Waals surface area contributed by atoms with E-state index in [2.05, 4.69) is 12.1 Å². The molecule has 0 N–H and O–H groups in total. The Balaban J connectivity index is 1.73. The summed E-state index contributed by atoms with van der Waals surface area (Å²) in [6, 6.07) is 11.9. The molecule has 2 heterocycles. The molecule has 4 rings (SSSR count). The van der Waals surface area contributed by atoms with Crippen LogP contribution in [0.25, 0.3) is 11.0 Å². The van der Waals surface area contributed by atoms with Gasteiger partial charge in [-0.3, -0.25) is 4.98 Å². The molecule has 0 saturated heterocycles. The summed E-state index contributed by atoms with van der Waals surface area (Å²) in [5, 5.41) is 0. The van der Waals surface area contributed by atoms with E-state index in [0.29, 0.717) is 12.2 Å². The summed E-state index contributed by atoms with van der Waals surface area (Å²) in [5.41, 5.74) is 4.47. The molecule has 0 unspecified atom stereocenters. The zero-order chi connectivity index (χ0) is 19.0. The molecule has 5 heteroatoms. The van der Waals surface area contributed by atoms with Gasteiger partial charge in [0, 0.05) is 17.8 Å². The number of aromatic nitrogens is 3. The van der Waals surface area contributed by atoms with Crippen LogP contribution in [0.1, 0.15) is 56.4 Å². The summed E-state index contributed by atoms with van der Waals surface area (Å²) in [5.74, 6) is 0.661. The Labute approximate surface area is 159 Å². The van der Waals surface area contributed by atoms with Crippen LogP contribution in [0.3, 0.4) is 0 Å².